The highest BCUT2D eigenvalue weighted by atomic mass is 32.2. The molecule has 2 aromatic carbocycles. The molecule has 1 aliphatic heterocycles. The number of amides is 5. The number of β-lactam (4-membered cyclic amide) rings is 1. The molecule has 5 N–H and O–H groups in total. The first-order valence-corrected chi connectivity index (χ1v) is 24.9. The van der Waals surface area contributed by atoms with E-state index in [1.165, 1.54) is 11.6 Å². The van der Waals surface area contributed by atoms with Gasteiger partial charge in [-0.1, -0.05) is 65.8 Å². The molecule has 0 spiro atoms. The number of rotatable bonds is 18. The fourth-order valence-electron chi connectivity index (χ4n) is 6.87. The molecule has 2 fully saturated rings. The van der Waals surface area contributed by atoms with Crippen molar-refractivity contribution in [3.05, 3.63) is 94.8 Å². The zero-order valence-electron chi connectivity index (χ0n) is 41.0. The van der Waals surface area contributed by atoms with Crippen LogP contribution in [-0.4, -0.2) is 120 Å². The molecule has 1 saturated heterocycles. The Kier molecular flexibility index (Phi) is 16.3. The molecule has 388 valence electrons. The van der Waals surface area contributed by atoms with Crippen molar-refractivity contribution >= 4 is 68.5 Å². The second-order valence-electron chi connectivity index (χ2n) is 19.7. The molecule has 3 atom stereocenters. The molecule has 26 heteroatoms. The van der Waals surface area contributed by atoms with Gasteiger partial charge >= 0.3 is 34.6 Å². The van der Waals surface area contributed by atoms with Crippen LogP contribution in [0.4, 0.5) is 19.5 Å². The third-order valence-electron chi connectivity index (χ3n) is 10.1. The number of ether oxygens (including phenoxy) is 4. The lowest BCUT2D eigenvalue weighted by Gasteiger charge is -2.43. The van der Waals surface area contributed by atoms with Crippen LogP contribution in [-0.2, 0) is 55.0 Å². The zero-order chi connectivity index (χ0) is 52.8. The highest BCUT2D eigenvalue weighted by Crippen LogP contribution is 2.43. The van der Waals surface area contributed by atoms with E-state index in [4.69, 9.17) is 23.8 Å². The molecule has 1 aliphatic carbocycles. The minimum Gasteiger partial charge on any atom is -0.450 e. The van der Waals surface area contributed by atoms with Crippen LogP contribution in [0.3, 0.4) is 0 Å². The maximum atomic E-state index is 14.3. The van der Waals surface area contributed by atoms with Gasteiger partial charge in [-0.05, 0) is 79.9 Å². The average molecular weight is 1040 g/mol. The van der Waals surface area contributed by atoms with E-state index in [0.29, 0.717) is 11.1 Å². The number of carbonyl (C=O) groups excluding carboxylic acids is 6. The number of alkyl carbamates (subject to hydrolysis) is 2. The van der Waals surface area contributed by atoms with Crippen LogP contribution >= 0.6 is 11.3 Å². The summed E-state index contributed by atoms with van der Waals surface area (Å²) in [5, 5.41) is 24.1. The Morgan fingerprint density at radius 2 is 1.43 bits per heavy atom. The number of esters is 1. The van der Waals surface area contributed by atoms with Crippen LogP contribution in [0.15, 0.2) is 77.4 Å². The number of benzene rings is 2. The number of oxime groups is 1. The van der Waals surface area contributed by atoms with E-state index in [-0.39, 0.29) is 46.6 Å². The van der Waals surface area contributed by atoms with Crippen molar-refractivity contribution in [1.29, 1.82) is 0 Å². The van der Waals surface area contributed by atoms with Crippen molar-refractivity contribution in [1.82, 2.24) is 40.2 Å². The molecular weight excluding hydrogens is 981 g/mol. The van der Waals surface area contributed by atoms with Crippen LogP contribution in [0.1, 0.15) is 116 Å². The van der Waals surface area contributed by atoms with Gasteiger partial charge in [0.15, 0.2) is 16.9 Å². The van der Waals surface area contributed by atoms with Crippen molar-refractivity contribution < 1.29 is 65.5 Å². The van der Waals surface area contributed by atoms with Crippen LogP contribution in [0.25, 0.3) is 0 Å². The molecule has 2 aliphatic rings. The first-order valence-electron chi connectivity index (χ1n) is 22.6. The van der Waals surface area contributed by atoms with E-state index in [2.05, 4.69) is 41.6 Å². The SMILES string of the molecule is CC(C)(C)OC(=O)NCC[C@H](NC(=O)OC(C)(C)C)c1cnn(C[C@@H]2[C@H](NC(=O)C(=NOC3(C(=O)OC(c4ccccc4)c4ccccc4)CC3)c3csc(NC(=O)OC(C)(C)C)n3)C(=O)N2S(=O)(=O)O)n1. The number of nitrogens with zero attached hydrogens (tertiary/aromatic N) is 6. The molecule has 6 rings (SSSR count). The highest BCUT2D eigenvalue weighted by Gasteiger charge is 2.57. The molecule has 0 radical (unpaired) electrons. The summed E-state index contributed by atoms with van der Waals surface area (Å²) in [6, 6.07) is 13.8. The monoisotopic (exact) mass is 1040 g/mol. The summed E-state index contributed by atoms with van der Waals surface area (Å²) >= 11 is 0.873. The van der Waals surface area contributed by atoms with E-state index in [0.717, 1.165) is 16.1 Å². The van der Waals surface area contributed by atoms with E-state index >= 15 is 0 Å². The fraction of sp³-hybridized carbons (Fsp3) is 0.478. The van der Waals surface area contributed by atoms with Gasteiger partial charge in [-0.3, -0.25) is 19.5 Å². The highest BCUT2D eigenvalue weighted by molar-refractivity contribution is 7.84. The van der Waals surface area contributed by atoms with Crippen LogP contribution in [0.5, 0.6) is 0 Å². The summed E-state index contributed by atoms with van der Waals surface area (Å²) < 4.78 is 57.5. The number of anilines is 1. The summed E-state index contributed by atoms with van der Waals surface area (Å²) in [6.07, 6.45) is -1.67. The van der Waals surface area contributed by atoms with Gasteiger partial charge in [-0.2, -0.15) is 23.4 Å². The Morgan fingerprint density at radius 3 is 1.99 bits per heavy atom. The van der Waals surface area contributed by atoms with Gasteiger partial charge in [-0.15, -0.1) is 11.3 Å². The van der Waals surface area contributed by atoms with Crippen molar-refractivity contribution in [2.45, 2.75) is 135 Å². The Balaban J connectivity index is 1.25. The Bertz CT molecular complexity index is 2720. The van der Waals surface area contributed by atoms with Crippen molar-refractivity contribution in [2.24, 2.45) is 5.16 Å². The first kappa shape index (κ1) is 54.1. The summed E-state index contributed by atoms with van der Waals surface area (Å²) in [6.45, 7) is 14.5. The third kappa shape index (κ3) is 14.9. The molecule has 1 saturated carbocycles. The second-order valence-corrected chi connectivity index (χ2v) is 21.8. The number of thiazole rings is 1. The minimum atomic E-state index is -5.24. The number of nitrogens with one attached hydrogen (secondary N) is 4. The Hall–Kier alpha value is -7.19. The van der Waals surface area contributed by atoms with Crippen molar-refractivity contribution in [3.8, 4) is 0 Å². The van der Waals surface area contributed by atoms with Gasteiger partial charge in [0.05, 0.1) is 18.8 Å². The first-order chi connectivity index (χ1) is 33.6. The van der Waals surface area contributed by atoms with Gasteiger partial charge in [0.25, 0.3) is 11.8 Å². The Morgan fingerprint density at radius 1 is 0.861 bits per heavy atom. The van der Waals surface area contributed by atoms with Gasteiger partial charge in [0, 0.05) is 24.8 Å². The van der Waals surface area contributed by atoms with Crippen LogP contribution in [0.2, 0.25) is 0 Å². The molecule has 0 unspecified atom stereocenters. The molecule has 4 aromatic rings. The van der Waals surface area contributed by atoms with E-state index in [1.807, 2.05) is 12.1 Å². The number of hydrogen-bond donors (Lipinski definition) is 5. The maximum Gasteiger partial charge on any atom is 0.413 e. The van der Waals surface area contributed by atoms with Crippen LogP contribution in [0, 0.1) is 0 Å². The second kappa shape index (κ2) is 21.7. The summed E-state index contributed by atoms with van der Waals surface area (Å²) in [4.78, 5) is 90.8. The smallest absolute Gasteiger partial charge is 0.413 e. The molecule has 3 heterocycles. The number of hydrogen-bond acceptors (Lipinski definition) is 18. The van der Waals surface area contributed by atoms with Crippen LogP contribution < -0.4 is 21.3 Å². The van der Waals surface area contributed by atoms with Gasteiger partial charge < -0.3 is 39.7 Å². The zero-order valence-corrected chi connectivity index (χ0v) is 42.7. The quantitative estimate of drug-likeness (QED) is 0.0209. The van der Waals surface area contributed by atoms with E-state index < -0.39 is 105 Å². The van der Waals surface area contributed by atoms with Gasteiger partial charge in [0.2, 0.25) is 5.60 Å². The largest absolute Gasteiger partial charge is 0.450 e. The minimum absolute atomic E-state index is 0.0145. The van der Waals surface area contributed by atoms with Crippen molar-refractivity contribution in [2.75, 3.05) is 11.9 Å². The van der Waals surface area contributed by atoms with Gasteiger partial charge in [-0.25, -0.2) is 28.5 Å². The Labute approximate surface area is 419 Å². The lowest BCUT2D eigenvalue weighted by molar-refractivity contribution is -0.164. The molecule has 24 nitrogen and oxygen atoms in total. The summed E-state index contributed by atoms with van der Waals surface area (Å²) in [5.74, 6) is -3.19. The average Bonchev–Trinajstić information content (AvgIpc) is 3.67. The molecule has 5 amide bonds. The predicted molar refractivity (Wildman–Crippen MR) is 257 cm³/mol. The van der Waals surface area contributed by atoms with Gasteiger partial charge in [0.1, 0.15) is 40.3 Å². The summed E-state index contributed by atoms with van der Waals surface area (Å²) in [7, 11) is -5.24. The molecular formula is C46H58N10O14S2. The third-order valence-corrected chi connectivity index (χ3v) is 11.9. The van der Waals surface area contributed by atoms with E-state index in [1.54, 1.807) is 111 Å². The van der Waals surface area contributed by atoms with E-state index in [9.17, 15) is 41.7 Å². The molecule has 2 aromatic heterocycles. The fourth-order valence-corrected chi connectivity index (χ4v) is 8.42. The predicted octanol–water partition coefficient (Wildman–Crippen LogP) is 5.35. The standard InChI is InChI=1S/C46H58N10O14S2/c1-43(2,3)67-40(60)47-23-20-29(50-41(61)68-44(4,5)6)30-24-48-55(53-30)25-32-34(37(58)56(32)72(63,64)65)51-36(57)33(31-26-71-39(49-31)52-42(62)69-45(7,8)9)54-70-46(21-22-46)38(59)66-35(27-16-12-10-13-17-27)28-18-14-11-15-19-28/h10-19,24,26,29,32,34-35H,20-23,25H2,1-9H3,(H,47,60)(H,50,61)(H,51,57)(H,49,52,62)(H,63,64,65)/t29-,32+,34-/m0/s1. The topological polar surface area (TPSA) is 310 Å². The lowest BCUT2D eigenvalue weighted by atomic mass is 9.98. The maximum absolute atomic E-state index is 14.3. The van der Waals surface area contributed by atoms with Crippen molar-refractivity contribution in [3.63, 3.8) is 0 Å². The molecule has 0 bridgehead atoms. The number of carbonyl (C=O) groups is 6. The molecule has 72 heavy (non-hydrogen) atoms. The summed E-state index contributed by atoms with van der Waals surface area (Å²) in [5.41, 5.74) is -3.51. The number of aromatic nitrogens is 4. The normalized spacial score (nSPS) is 17.2. The lowest BCUT2D eigenvalue weighted by Crippen LogP contribution is -2.73.